The fourth-order valence-corrected chi connectivity index (χ4v) is 1.54. The molecule has 0 fully saturated rings. The van der Waals surface area contributed by atoms with Crippen molar-refractivity contribution in [2.24, 2.45) is 0 Å². The number of rotatable bonds is 6. The first-order valence-corrected chi connectivity index (χ1v) is 5.61. The Morgan fingerprint density at radius 3 is 1.73 bits per heavy atom. The standard InChI is InChI=1S/C8H15NO5S/c1-4-7(10)9(8(11)5-2)6(3)15(12,13)14/h4-8,10-11H,1-2H2,3H3,(H,12,13,14). The average molecular weight is 237 g/mol. The van der Waals surface area contributed by atoms with Crippen molar-refractivity contribution in [1.82, 2.24) is 4.90 Å². The molecule has 0 amide bonds. The van der Waals surface area contributed by atoms with E-state index in [2.05, 4.69) is 13.2 Å². The molecule has 0 saturated heterocycles. The summed E-state index contributed by atoms with van der Waals surface area (Å²) in [5.41, 5.74) is 0. The normalized spacial score (nSPS) is 18.2. The van der Waals surface area contributed by atoms with Gasteiger partial charge in [-0.15, -0.1) is 0 Å². The summed E-state index contributed by atoms with van der Waals surface area (Å²) in [6, 6.07) is 0. The minimum absolute atomic E-state index is 0.731. The third kappa shape index (κ3) is 3.73. The maximum atomic E-state index is 10.8. The zero-order chi connectivity index (χ0) is 12.2. The summed E-state index contributed by atoms with van der Waals surface area (Å²) in [4.78, 5) is 0.731. The van der Waals surface area contributed by atoms with Gasteiger partial charge in [0.2, 0.25) is 0 Å². The van der Waals surface area contributed by atoms with Crippen molar-refractivity contribution in [2.45, 2.75) is 24.8 Å². The van der Waals surface area contributed by atoms with E-state index in [0.29, 0.717) is 0 Å². The average Bonchev–Trinajstić information content (AvgIpc) is 2.15. The quantitative estimate of drug-likeness (QED) is 0.328. The molecule has 0 aromatic heterocycles. The molecule has 0 aliphatic rings. The van der Waals surface area contributed by atoms with Gasteiger partial charge in [0.25, 0.3) is 10.1 Å². The van der Waals surface area contributed by atoms with Crippen LogP contribution in [0.1, 0.15) is 6.92 Å². The highest BCUT2D eigenvalue weighted by Gasteiger charge is 2.32. The predicted molar refractivity (Wildman–Crippen MR) is 55.3 cm³/mol. The van der Waals surface area contributed by atoms with Crippen molar-refractivity contribution in [1.29, 1.82) is 0 Å². The van der Waals surface area contributed by atoms with Gasteiger partial charge in [0.05, 0.1) is 0 Å². The molecule has 3 unspecified atom stereocenters. The van der Waals surface area contributed by atoms with E-state index in [1.165, 1.54) is 0 Å². The molecule has 0 heterocycles. The third-order valence-corrected chi connectivity index (χ3v) is 2.99. The zero-order valence-electron chi connectivity index (χ0n) is 8.31. The molecule has 3 N–H and O–H groups in total. The highest BCUT2D eigenvalue weighted by atomic mass is 32.2. The fraction of sp³-hybridized carbons (Fsp3) is 0.500. The maximum Gasteiger partial charge on any atom is 0.281 e. The third-order valence-electron chi connectivity index (χ3n) is 1.88. The molecule has 0 aliphatic heterocycles. The van der Waals surface area contributed by atoms with Crippen LogP contribution in [-0.4, -0.2) is 45.9 Å². The molecule has 0 aliphatic carbocycles. The van der Waals surface area contributed by atoms with E-state index in [1.54, 1.807) is 0 Å². The zero-order valence-corrected chi connectivity index (χ0v) is 9.13. The maximum absolute atomic E-state index is 10.8. The number of aliphatic hydroxyl groups excluding tert-OH is 2. The van der Waals surface area contributed by atoms with Crippen LogP contribution in [0.5, 0.6) is 0 Å². The van der Waals surface area contributed by atoms with E-state index in [0.717, 1.165) is 24.0 Å². The van der Waals surface area contributed by atoms with Gasteiger partial charge in [-0.3, -0.25) is 4.55 Å². The van der Waals surface area contributed by atoms with Crippen molar-refractivity contribution < 1.29 is 23.2 Å². The van der Waals surface area contributed by atoms with E-state index >= 15 is 0 Å². The van der Waals surface area contributed by atoms with Gasteiger partial charge in [-0.2, -0.15) is 8.42 Å². The molecule has 0 aromatic carbocycles. The van der Waals surface area contributed by atoms with Crippen molar-refractivity contribution >= 4 is 10.1 Å². The van der Waals surface area contributed by atoms with Gasteiger partial charge >= 0.3 is 0 Å². The number of nitrogens with zero attached hydrogens (tertiary/aromatic N) is 1. The smallest absolute Gasteiger partial charge is 0.281 e. The second-order valence-electron chi connectivity index (χ2n) is 2.86. The van der Waals surface area contributed by atoms with E-state index in [-0.39, 0.29) is 0 Å². The van der Waals surface area contributed by atoms with Gasteiger partial charge < -0.3 is 10.2 Å². The number of hydrogen-bond acceptors (Lipinski definition) is 5. The molecule has 88 valence electrons. The Balaban J connectivity index is 5.11. The van der Waals surface area contributed by atoms with Gasteiger partial charge in [0.15, 0.2) is 0 Å². The lowest BCUT2D eigenvalue weighted by atomic mass is 10.4. The Hall–Kier alpha value is -0.730. The molecule has 0 rings (SSSR count). The lowest BCUT2D eigenvalue weighted by Gasteiger charge is -2.32. The second kappa shape index (κ2) is 5.38. The summed E-state index contributed by atoms with van der Waals surface area (Å²) in [6.07, 6.45) is -0.771. The van der Waals surface area contributed by atoms with Crippen LogP contribution in [0.15, 0.2) is 25.3 Å². The van der Waals surface area contributed by atoms with Gasteiger partial charge in [-0.25, -0.2) is 4.90 Å². The summed E-state index contributed by atoms with van der Waals surface area (Å²) in [6.45, 7) is 7.62. The van der Waals surface area contributed by atoms with Crippen LogP contribution >= 0.6 is 0 Å². The van der Waals surface area contributed by atoms with Crippen LogP contribution in [0, 0.1) is 0 Å². The van der Waals surface area contributed by atoms with Crippen molar-refractivity contribution in [3.05, 3.63) is 25.3 Å². The molecular weight excluding hydrogens is 222 g/mol. The van der Waals surface area contributed by atoms with Crippen LogP contribution in [0.3, 0.4) is 0 Å². The van der Waals surface area contributed by atoms with Crippen molar-refractivity contribution in [3.8, 4) is 0 Å². The summed E-state index contributed by atoms with van der Waals surface area (Å²) in [7, 11) is -4.40. The van der Waals surface area contributed by atoms with E-state index < -0.39 is 27.9 Å². The molecule has 0 bridgehead atoms. The molecule has 6 nitrogen and oxygen atoms in total. The minimum atomic E-state index is -4.40. The highest BCUT2D eigenvalue weighted by molar-refractivity contribution is 7.86. The van der Waals surface area contributed by atoms with Crippen LogP contribution in [-0.2, 0) is 10.1 Å². The summed E-state index contributed by atoms with van der Waals surface area (Å²) in [5, 5.41) is 17.3. The van der Waals surface area contributed by atoms with E-state index in [1.807, 2.05) is 0 Å². The van der Waals surface area contributed by atoms with Crippen LogP contribution in [0.2, 0.25) is 0 Å². The summed E-state index contributed by atoms with van der Waals surface area (Å²) >= 11 is 0. The van der Waals surface area contributed by atoms with Gasteiger partial charge in [0, 0.05) is 0 Å². The van der Waals surface area contributed by atoms with Crippen molar-refractivity contribution in [2.75, 3.05) is 0 Å². The Morgan fingerprint density at radius 1 is 1.20 bits per heavy atom. The second-order valence-corrected chi connectivity index (χ2v) is 4.57. The molecule has 7 heteroatoms. The molecule has 0 saturated carbocycles. The molecule has 0 radical (unpaired) electrons. The van der Waals surface area contributed by atoms with Crippen LogP contribution in [0.4, 0.5) is 0 Å². The first-order chi connectivity index (χ1) is 6.75. The van der Waals surface area contributed by atoms with E-state index in [9.17, 15) is 18.6 Å². The lowest BCUT2D eigenvalue weighted by Crippen LogP contribution is -2.50. The van der Waals surface area contributed by atoms with Crippen LogP contribution in [0.25, 0.3) is 0 Å². The molecule has 0 aromatic rings. The Kier molecular flexibility index (Phi) is 5.12. The van der Waals surface area contributed by atoms with Crippen molar-refractivity contribution in [3.63, 3.8) is 0 Å². The highest BCUT2D eigenvalue weighted by Crippen LogP contribution is 2.13. The molecular formula is C8H15NO5S. The minimum Gasteiger partial charge on any atom is -0.375 e. The van der Waals surface area contributed by atoms with Crippen LogP contribution < -0.4 is 0 Å². The SMILES string of the molecule is C=CC(O)N(C(O)C=C)C(C)S(=O)(=O)O. The predicted octanol–water partition coefficient (Wildman–Crippen LogP) is -0.469. The summed E-state index contributed by atoms with van der Waals surface area (Å²) in [5.74, 6) is 0. The van der Waals surface area contributed by atoms with Gasteiger partial charge in [-0.1, -0.05) is 13.2 Å². The number of hydrogen-bond donors (Lipinski definition) is 3. The Bertz CT molecular complexity index is 312. The monoisotopic (exact) mass is 237 g/mol. The molecule has 0 spiro atoms. The van der Waals surface area contributed by atoms with Gasteiger partial charge in [-0.05, 0) is 19.1 Å². The largest absolute Gasteiger partial charge is 0.375 e. The topological polar surface area (TPSA) is 98.1 Å². The number of aliphatic hydroxyl groups is 2. The summed E-state index contributed by atoms with van der Waals surface area (Å²) < 4.78 is 30.5. The first-order valence-electron chi connectivity index (χ1n) is 4.10. The van der Waals surface area contributed by atoms with Gasteiger partial charge in [0.1, 0.15) is 17.8 Å². The fourth-order valence-electron chi connectivity index (χ4n) is 0.984. The Morgan fingerprint density at radius 2 is 1.53 bits per heavy atom. The van der Waals surface area contributed by atoms with E-state index in [4.69, 9.17) is 4.55 Å². The Labute approximate surface area is 88.9 Å². The first kappa shape index (κ1) is 14.3. The molecule has 15 heavy (non-hydrogen) atoms. The molecule has 3 atom stereocenters. The lowest BCUT2D eigenvalue weighted by molar-refractivity contribution is -0.0631.